The van der Waals surface area contributed by atoms with Gasteiger partial charge in [0.15, 0.2) is 0 Å². The lowest BCUT2D eigenvalue weighted by Crippen LogP contribution is -2.46. The van der Waals surface area contributed by atoms with Crippen molar-refractivity contribution in [1.29, 1.82) is 0 Å². The summed E-state index contributed by atoms with van der Waals surface area (Å²) in [5.74, 6) is -0.991. The van der Waals surface area contributed by atoms with E-state index in [0.717, 1.165) is 55.2 Å². The van der Waals surface area contributed by atoms with Crippen LogP contribution in [0.2, 0.25) is 5.02 Å². The Morgan fingerprint density at radius 2 is 1.89 bits per heavy atom. The van der Waals surface area contributed by atoms with E-state index < -0.39 is 5.97 Å². The molecule has 0 saturated carbocycles. The molecule has 2 aromatic rings. The second-order valence-corrected chi connectivity index (χ2v) is 7.69. The van der Waals surface area contributed by atoms with E-state index in [2.05, 4.69) is 9.80 Å². The predicted octanol–water partition coefficient (Wildman–Crippen LogP) is 4.47. The van der Waals surface area contributed by atoms with Crippen LogP contribution in [-0.2, 0) is 11.2 Å². The topological polar surface area (TPSA) is 43.8 Å². The van der Waals surface area contributed by atoms with E-state index in [0.29, 0.717) is 12.6 Å². The van der Waals surface area contributed by atoms with Crippen molar-refractivity contribution in [1.82, 2.24) is 4.90 Å². The molecule has 1 aliphatic rings. The van der Waals surface area contributed by atoms with Crippen molar-refractivity contribution < 1.29 is 14.3 Å². The number of carboxylic acids is 1. The summed E-state index contributed by atoms with van der Waals surface area (Å²) in [5.41, 5.74) is 2.07. The van der Waals surface area contributed by atoms with Gasteiger partial charge in [-0.15, -0.1) is 0 Å². The number of piperidine rings is 1. The van der Waals surface area contributed by atoms with Crippen molar-refractivity contribution in [3.8, 4) is 0 Å². The fourth-order valence-electron chi connectivity index (χ4n) is 3.84. The third kappa shape index (κ3) is 5.94. The molecule has 1 heterocycles. The lowest BCUT2D eigenvalue weighted by Gasteiger charge is -2.39. The molecule has 1 fully saturated rings. The highest BCUT2D eigenvalue weighted by molar-refractivity contribution is 6.30. The lowest BCUT2D eigenvalue weighted by atomic mass is 10.0. The average Bonchev–Trinajstić information content (AvgIpc) is 2.68. The molecule has 0 amide bonds. The summed E-state index contributed by atoms with van der Waals surface area (Å²) in [4.78, 5) is 15.6. The molecule has 0 unspecified atom stereocenters. The lowest BCUT2D eigenvalue weighted by molar-refractivity contribution is -0.137. The molecule has 0 aliphatic carbocycles. The van der Waals surface area contributed by atoms with Crippen LogP contribution >= 0.6 is 11.6 Å². The number of nitrogens with zero attached hydrogens (tertiary/aromatic N) is 2. The SMILES string of the molecule is O=C(O)CCN(CCc1cccc(Cl)c1)C1CCN(c2cccc(F)c2)CC1. The number of anilines is 1. The first-order chi connectivity index (χ1) is 13.5. The van der Waals surface area contributed by atoms with Gasteiger partial charge in [0.05, 0.1) is 6.42 Å². The maximum Gasteiger partial charge on any atom is 0.304 e. The number of benzene rings is 2. The zero-order valence-corrected chi connectivity index (χ0v) is 16.6. The summed E-state index contributed by atoms with van der Waals surface area (Å²) in [6.07, 6.45) is 2.85. The number of halogens is 2. The Bertz CT molecular complexity index is 794. The number of aliphatic carboxylic acids is 1. The normalized spacial score (nSPS) is 15.2. The van der Waals surface area contributed by atoms with Gasteiger partial charge in [0, 0.05) is 42.9 Å². The van der Waals surface area contributed by atoms with Crippen molar-refractivity contribution in [2.24, 2.45) is 0 Å². The average molecular weight is 405 g/mol. The fraction of sp³-hybridized carbons (Fsp3) is 0.409. The third-order valence-electron chi connectivity index (χ3n) is 5.34. The largest absolute Gasteiger partial charge is 0.481 e. The molecule has 1 aliphatic heterocycles. The Hall–Kier alpha value is -2.11. The highest BCUT2D eigenvalue weighted by atomic mass is 35.5. The van der Waals surface area contributed by atoms with Gasteiger partial charge in [-0.2, -0.15) is 0 Å². The molecule has 28 heavy (non-hydrogen) atoms. The van der Waals surface area contributed by atoms with E-state index in [4.69, 9.17) is 16.7 Å². The van der Waals surface area contributed by atoms with Gasteiger partial charge in [0.1, 0.15) is 5.82 Å². The quantitative estimate of drug-likeness (QED) is 0.705. The maximum atomic E-state index is 13.5. The molecule has 150 valence electrons. The summed E-state index contributed by atoms with van der Waals surface area (Å²) in [6.45, 7) is 3.03. The van der Waals surface area contributed by atoms with E-state index in [1.807, 2.05) is 30.3 Å². The first kappa shape index (κ1) is 20.6. The minimum atomic E-state index is -0.773. The van der Waals surface area contributed by atoms with Crippen LogP contribution < -0.4 is 4.90 Å². The summed E-state index contributed by atoms with van der Waals surface area (Å²) in [7, 11) is 0. The van der Waals surface area contributed by atoms with Crippen LogP contribution in [0.1, 0.15) is 24.8 Å². The standard InChI is InChI=1S/C22H26ClFN2O2/c23-18-4-1-3-17(15-18)7-11-25(14-10-22(27)28)20-8-12-26(13-9-20)21-6-2-5-19(24)16-21/h1-6,15-16,20H,7-14H2,(H,27,28). The Kier molecular flexibility index (Phi) is 7.29. The Labute approximate surface area is 170 Å². The molecule has 0 bridgehead atoms. The second-order valence-electron chi connectivity index (χ2n) is 7.26. The minimum absolute atomic E-state index is 0.139. The van der Waals surface area contributed by atoms with Crippen LogP contribution in [0.4, 0.5) is 10.1 Å². The van der Waals surface area contributed by atoms with Crippen molar-refractivity contribution in [3.63, 3.8) is 0 Å². The third-order valence-corrected chi connectivity index (χ3v) is 5.58. The van der Waals surface area contributed by atoms with Crippen molar-refractivity contribution in [2.45, 2.75) is 31.7 Å². The molecule has 4 nitrogen and oxygen atoms in total. The molecule has 6 heteroatoms. The number of rotatable bonds is 8. The van der Waals surface area contributed by atoms with Gasteiger partial charge in [0.2, 0.25) is 0 Å². The van der Waals surface area contributed by atoms with Crippen LogP contribution in [0.25, 0.3) is 0 Å². The van der Waals surface area contributed by atoms with Crippen LogP contribution in [0.5, 0.6) is 0 Å². The smallest absolute Gasteiger partial charge is 0.304 e. The minimum Gasteiger partial charge on any atom is -0.481 e. The molecule has 3 rings (SSSR count). The molecule has 2 aromatic carbocycles. The van der Waals surface area contributed by atoms with E-state index in [-0.39, 0.29) is 12.2 Å². The number of carbonyl (C=O) groups is 1. The summed E-state index contributed by atoms with van der Waals surface area (Å²) < 4.78 is 13.5. The van der Waals surface area contributed by atoms with Gasteiger partial charge in [-0.1, -0.05) is 29.8 Å². The molecule has 0 aromatic heterocycles. The highest BCUT2D eigenvalue weighted by Gasteiger charge is 2.25. The summed E-state index contributed by atoms with van der Waals surface area (Å²) >= 11 is 6.07. The zero-order valence-electron chi connectivity index (χ0n) is 15.9. The van der Waals surface area contributed by atoms with Crippen LogP contribution in [0.15, 0.2) is 48.5 Å². The van der Waals surface area contributed by atoms with Crippen LogP contribution in [0.3, 0.4) is 0 Å². The van der Waals surface area contributed by atoms with E-state index >= 15 is 0 Å². The Morgan fingerprint density at radius 1 is 1.14 bits per heavy atom. The van der Waals surface area contributed by atoms with Crippen LogP contribution in [-0.4, -0.2) is 48.2 Å². The monoisotopic (exact) mass is 404 g/mol. The molecule has 1 saturated heterocycles. The van der Waals surface area contributed by atoms with Gasteiger partial charge in [-0.3, -0.25) is 9.69 Å². The highest BCUT2D eigenvalue weighted by Crippen LogP contribution is 2.24. The summed E-state index contributed by atoms with van der Waals surface area (Å²) in [6, 6.07) is 14.8. The Morgan fingerprint density at radius 3 is 2.57 bits per heavy atom. The van der Waals surface area contributed by atoms with Crippen molar-refractivity contribution in [3.05, 3.63) is 64.9 Å². The van der Waals surface area contributed by atoms with Crippen molar-refractivity contribution in [2.75, 3.05) is 31.1 Å². The first-order valence-electron chi connectivity index (χ1n) is 9.72. The van der Waals surface area contributed by atoms with Gasteiger partial charge < -0.3 is 10.0 Å². The molecule has 0 spiro atoms. The van der Waals surface area contributed by atoms with E-state index in [1.165, 1.54) is 6.07 Å². The predicted molar refractivity (Wildman–Crippen MR) is 111 cm³/mol. The van der Waals surface area contributed by atoms with Crippen molar-refractivity contribution >= 4 is 23.3 Å². The molecular weight excluding hydrogens is 379 g/mol. The number of hydrogen-bond donors (Lipinski definition) is 1. The first-order valence-corrected chi connectivity index (χ1v) is 10.1. The van der Waals surface area contributed by atoms with Crippen LogP contribution in [0, 0.1) is 5.82 Å². The van der Waals surface area contributed by atoms with Gasteiger partial charge >= 0.3 is 5.97 Å². The van der Waals surface area contributed by atoms with Gasteiger partial charge in [0.25, 0.3) is 0 Å². The zero-order chi connectivity index (χ0) is 19.9. The maximum absolute atomic E-state index is 13.5. The molecule has 0 radical (unpaired) electrons. The Balaban J connectivity index is 1.59. The molecule has 1 N–H and O–H groups in total. The summed E-state index contributed by atoms with van der Waals surface area (Å²) in [5, 5.41) is 9.83. The van der Waals surface area contributed by atoms with Gasteiger partial charge in [-0.25, -0.2) is 4.39 Å². The fourth-order valence-corrected chi connectivity index (χ4v) is 4.06. The van der Waals surface area contributed by atoms with E-state index in [1.54, 1.807) is 12.1 Å². The molecular formula is C22H26ClFN2O2. The number of carboxylic acid groups (broad SMARTS) is 1. The molecule has 0 atom stereocenters. The van der Waals surface area contributed by atoms with E-state index in [9.17, 15) is 9.18 Å². The van der Waals surface area contributed by atoms with Gasteiger partial charge in [-0.05, 0) is 55.2 Å². The number of hydrogen-bond acceptors (Lipinski definition) is 3. The second kappa shape index (κ2) is 9.89.